The van der Waals surface area contributed by atoms with Gasteiger partial charge in [0.05, 0.1) is 5.69 Å². The molecule has 2 aromatic carbocycles. The van der Waals surface area contributed by atoms with Crippen LogP contribution in [0.4, 0.5) is 17.5 Å². The van der Waals surface area contributed by atoms with Gasteiger partial charge in [0, 0.05) is 23.4 Å². The number of hydrogen-bond donors (Lipinski definition) is 2. The lowest BCUT2D eigenvalue weighted by molar-refractivity contribution is 1.06. The normalized spacial score (nSPS) is 13.5. The second-order valence-electron chi connectivity index (χ2n) is 6.69. The van der Waals surface area contributed by atoms with Crippen molar-refractivity contribution in [2.75, 3.05) is 10.6 Å². The van der Waals surface area contributed by atoms with E-state index in [0.29, 0.717) is 12.0 Å². The Labute approximate surface area is 148 Å². The van der Waals surface area contributed by atoms with Crippen LogP contribution >= 0.6 is 0 Å². The highest BCUT2D eigenvalue weighted by Crippen LogP contribution is 2.28. The minimum atomic E-state index is 0.514. The van der Waals surface area contributed by atoms with E-state index in [1.807, 2.05) is 24.3 Å². The largest absolute Gasteiger partial charge is 0.351 e. The summed E-state index contributed by atoms with van der Waals surface area (Å²) < 4.78 is 0. The molecule has 0 bridgehead atoms. The Balaban J connectivity index is 1.70. The molecule has 0 atom stereocenters. The number of anilines is 3. The van der Waals surface area contributed by atoms with Crippen LogP contribution in [0, 0.1) is 13.8 Å². The lowest BCUT2D eigenvalue weighted by Crippen LogP contribution is -2.08. The number of benzene rings is 2. The minimum Gasteiger partial charge on any atom is -0.351 e. The molecule has 1 saturated carbocycles. The van der Waals surface area contributed by atoms with Crippen LogP contribution in [-0.4, -0.2) is 16.0 Å². The molecule has 4 heteroatoms. The minimum absolute atomic E-state index is 0.514. The maximum atomic E-state index is 4.70. The average Bonchev–Trinajstić information content (AvgIpc) is 3.42. The van der Waals surface area contributed by atoms with Crippen LogP contribution in [0.15, 0.2) is 54.6 Å². The van der Waals surface area contributed by atoms with Crippen molar-refractivity contribution in [1.29, 1.82) is 0 Å². The fourth-order valence-electron chi connectivity index (χ4n) is 2.83. The first-order valence-electron chi connectivity index (χ1n) is 8.73. The fourth-order valence-corrected chi connectivity index (χ4v) is 2.83. The number of rotatable bonds is 5. The zero-order valence-corrected chi connectivity index (χ0v) is 14.6. The van der Waals surface area contributed by atoms with Crippen molar-refractivity contribution >= 4 is 17.5 Å². The molecule has 1 aliphatic rings. The third kappa shape index (κ3) is 3.79. The molecule has 25 heavy (non-hydrogen) atoms. The van der Waals surface area contributed by atoms with Crippen LogP contribution in [0.2, 0.25) is 0 Å². The lowest BCUT2D eigenvalue weighted by Gasteiger charge is -2.13. The molecular weight excluding hydrogens is 308 g/mol. The second-order valence-corrected chi connectivity index (χ2v) is 6.69. The Hall–Kier alpha value is -2.88. The van der Waals surface area contributed by atoms with Gasteiger partial charge in [0.25, 0.3) is 0 Å². The molecule has 0 spiro atoms. The molecule has 126 valence electrons. The molecule has 2 N–H and O–H groups in total. The molecule has 0 saturated heterocycles. The first-order valence-corrected chi connectivity index (χ1v) is 8.73. The molecule has 1 fully saturated rings. The van der Waals surface area contributed by atoms with Gasteiger partial charge in [-0.3, -0.25) is 0 Å². The highest BCUT2D eigenvalue weighted by atomic mass is 15.2. The predicted octanol–water partition coefficient (Wildman–Crippen LogP) is 5.08. The quantitative estimate of drug-likeness (QED) is 0.685. The number of aryl methyl sites for hydroxylation is 2. The van der Waals surface area contributed by atoms with E-state index in [1.54, 1.807) is 0 Å². The van der Waals surface area contributed by atoms with Crippen molar-refractivity contribution < 1.29 is 0 Å². The van der Waals surface area contributed by atoms with Crippen LogP contribution in [0.5, 0.6) is 0 Å². The number of nitrogens with zero attached hydrogens (tertiary/aromatic N) is 2. The third-order valence-electron chi connectivity index (χ3n) is 4.35. The van der Waals surface area contributed by atoms with E-state index in [9.17, 15) is 0 Å². The first-order chi connectivity index (χ1) is 12.2. The predicted molar refractivity (Wildman–Crippen MR) is 103 cm³/mol. The molecule has 1 aliphatic carbocycles. The van der Waals surface area contributed by atoms with Crippen LogP contribution in [0.3, 0.4) is 0 Å². The molecule has 4 rings (SSSR count). The number of aromatic nitrogens is 2. The summed E-state index contributed by atoms with van der Waals surface area (Å²) in [7, 11) is 0. The van der Waals surface area contributed by atoms with Crippen molar-refractivity contribution in [2.45, 2.75) is 32.7 Å². The van der Waals surface area contributed by atoms with Crippen molar-refractivity contribution in [1.82, 2.24) is 9.97 Å². The Morgan fingerprint density at radius 1 is 0.920 bits per heavy atom. The van der Waals surface area contributed by atoms with Crippen molar-refractivity contribution in [3.8, 4) is 11.3 Å². The van der Waals surface area contributed by atoms with Gasteiger partial charge in [-0.15, -0.1) is 0 Å². The van der Waals surface area contributed by atoms with Gasteiger partial charge in [-0.1, -0.05) is 48.0 Å². The SMILES string of the molecule is Cc1ccc(Nc2cc(-c3ccccc3)nc(NC3CC3)n2)c(C)c1. The molecule has 0 amide bonds. The molecule has 0 aliphatic heterocycles. The Morgan fingerprint density at radius 3 is 2.44 bits per heavy atom. The summed E-state index contributed by atoms with van der Waals surface area (Å²) in [5.74, 6) is 1.50. The van der Waals surface area contributed by atoms with Gasteiger partial charge in [0.1, 0.15) is 5.82 Å². The van der Waals surface area contributed by atoms with Crippen LogP contribution < -0.4 is 10.6 Å². The van der Waals surface area contributed by atoms with Crippen molar-refractivity contribution in [2.24, 2.45) is 0 Å². The Morgan fingerprint density at radius 2 is 1.72 bits per heavy atom. The van der Waals surface area contributed by atoms with E-state index in [0.717, 1.165) is 22.8 Å². The maximum absolute atomic E-state index is 4.70. The highest BCUT2D eigenvalue weighted by molar-refractivity contribution is 5.68. The summed E-state index contributed by atoms with van der Waals surface area (Å²) in [6.07, 6.45) is 2.39. The maximum Gasteiger partial charge on any atom is 0.225 e. The second kappa shape index (κ2) is 6.55. The topological polar surface area (TPSA) is 49.8 Å². The van der Waals surface area contributed by atoms with Gasteiger partial charge in [0.2, 0.25) is 5.95 Å². The summed E-state index contributed by atoms with van der Waals surface area (Å²) >= 11 is 0. The number of nitrogens with one attached hydrogen (secondary N) is 2. The Kier molecular flexibility index (Phi) is 4.10. The van der Waals surface area contributed by atoms with Gasteiger partial charge in [0.15, 0.2) is 0 Å². The van der Waals surface area contributed by atoms with E-state index >= 15 is 0 Å². The average molecular weight is 330 g/mol. The molecular formula is C21H22N4. The molecule has 0 radical (unpaired) electrons. The zero-order valence-electron chi connectivity index (χ0n) is 14.6. The first kappa shape index (κ1) is 15.6. The van der Waals surface area contributed by atoms with E-state index in [4.69, 9.17) is 4.98 Å². The van der Waals surface area contributed by atoms with Crippen molar-refractivity contribution in [3.63, 3.8) is 0 Å². The summed E-state index contributed by atoms with van der Waals surface area (Å²) in [6.45, 7) is 4.21. The standard InChI is InChI=1S/C21H22N4/c1-14-8-11-18(15(2)12-14)23-20-13-19(16-6-4-3-5-7-16)24-21(25-20)22-17-9-10-17/h3-8,11-13,17H,9-10H2,1-2H3,(H2,22,23,24,25). The molecule has 1 heterocycles. The van der Waals surface area contributed by atoms with Crippen LogP contribution in [0.25, 0.3) is 11.3 Å². The van der Waals surface area contributed by atoms with E-state index in [-0.39, 0.29) is 0 Å². The lowest BCUT2D eigenvalue weighted by atomic mass is 10.1. The van der Waals surface area contributed by atoms with Crippen LogP contribution in [0.1, 0.15) is 24.0 Å². The zero-order chi connectivity index (χ0) is 17.2. The van der Waals surface area contributed by atoms with Gasteiger partial charge < -0.3 is 10.6 Å². The summed E-state index contributed by atoms with van der Waals surface area (Å²) in [5, 5.41) is 6.87. The van der Waals surface area contributed by atoms with E-state index in [1.165, 1.54) is 24.0 Å². The third-order valence-corrected chi connectivity index (χ3v) is 4.35. The summed E-state index contributed by atoms with van der Waals surface area (Å²) in [6, 6.07) is 19.1. The molecule has 4 nitrogen and oxygen atoms in total. The number of hydrogen-bond acceptors (Lipinski definition) is 4. The van der Waals surface area contributed by atoms with E-state index in [2.05, 4.69) is 59.8 Å². The smallest absolute Gasteiger partial charge is 0.225 e. The summed E-state index contributed by atoms with van der Waals surface area (Å²) in [5.41, 5.74) is 5.54. The molecule has 1 aromatic heterocycles. The Bertz CT molecular complexity index is 886. The molecule has 0 unspecified atom stereocenters. The van der Waals surface area contributed by atoms with Gasteiger partial charge in [-0.25, -0.2) is 4.98 Å². The van der Waals surface area contributed by atoms with Gasteiger partial charge in [-0.2, -0.15) is 4.98 Å². The van der Waals surface area contributed by atoms with Crippen LogP contribution in [-0.2, 0) is 0 Å². The van der Waals surface area contributed by atoms with Gasteiger partial charge >= 0.3 is 0 Å². The highest BCUT2D eigenvalue weighted by Gasteiger charge is 2.22. The fraction of sp³-hybridized carbons (Fsp3) is 0.238. The molecule has 3 aromatic rings. The monoisotopic (exact) mass is 330 g/mol. The van der Waals surface area contributed by atoms with E-state index < -0.39 is 0 Å². The van der Waals surface area contributed by atoms with Gasteiger partial charge in [-0.05, 0) is 38.3 Å². The van der Waals surface area contributed by atoms with Crippen molar-refractivity contribution in [3.05, 3.63) is 65.7 Å². The summed E-state index contributed by atoms with van der Waals surface area (Å²) in [4.78, 5) is 9.36.